The number of carbonyl (C=O) groups excluding carboxylic acids is 3. The van der Waals surface area contributed by atoms with E-state index in [2.05, 4.69) is 5.32 Å². The predicted molar refractivity (Wildman–Crippen MR) is 129 cm³/mol. The van der Waals surface area contributed by atoms with E-state index < -0.39 is 17.8 Å². The van der Waals surface area contributed by atoms with Crippen LogP contribution in [-0.4, -0.2) is 25.0 Å². The zero-order chi connectivity index (χ0) is 24.2. The van der Waals surface area contributed by atoms with Gasteiger partial charge in [0.25, 0.3) is 11.8 Å². The number of anilines is 1. The van der Waals surface area contributed by atoms with Gasteiger partial charge in [0, 0.05) is 21.7 Å². The van der Waals surface area contributed by atoms with Crippen LogP contribution in [0.25, 0.3) is 6.08 Å². The van der Waals surface area contributed by atoms with Crippen molar-refractivity contribution in [3.63, 3.8) is 0 Å². The van der Waals surface area contributed by atoms with Crippen molar-refractivity contribution in [3.8, 4) is 11.5 Å². The van der Waals surface area contributed by atoms with Crippen LogP contribution in [0.1, 0.15) is 11.1 Å². The van der Waals surface area contributed by atoms with E-state index >= 15 is 0 Å². The number of amides is 4. The quantitative estimate of drug-likeness (QED) is 0.372. The molecule has 7 nitrogen and oxygen atoms in total. The van der Waals surface area contributed by atoms with E-state index in [1.807, 2.05) is 12.1 Å². The van der Waals surface area contributed by atoms with Crippen LogP contribution in [-0.2, 0) is 16.2 Å². The summed E-state index contributed by atoms with van der Waals surface area (Å²) in [7, 11) is 1.52. The van der Waals surface area contributed by atoms with Crippen molar-refractivity contribution in [2.75, 3.05) is 12.0 Å². The molecule has 1 aliphatic heterocycles. The van der Waals surface area contributed by atoms with E-state index in [-0.39, 0.29) is 17.9 Å². The molecule has 1 N–H and O–H groups in total. The first-order chi connectivity index (χ1) is 16.4. The molecule has 9 heteroatoms. The van der Waals surface area contributed by atoms with E-state index in [1.165, 1.54) is 25.3 Å². The summed E-state index contributed by atoms with van der Waals surface area (Å²) in [4.78, 5) is 39.0. The highest BCUT2D eigenvalue weighted by atomic mass is 35.5. The number of hydrogen-bond donors (Lipinski definition) is 1. The molecule has 4 rings (SSSR count). The molecule has 1 fully saturated rings. The average molecular weight is 497 g/mol. The molecule has 1 aliphatic rings. The Morgan fingerprint density at radius 2 is 1.71 bits per heavy atom. The minimum Gasteiger partial charge on any atom is -0.497 e. The van der Waals surface area contributed by atoms with Crippen LogP contribution < -0.4 is 19.7 Å². The summed E-state index contributed by atoms with van der Waals surface area (Å²) in [6.07, 6.45) is 1.37. The fraction of sp³-hybridized carbons (Fsp3) is 0.0800. The second-order valence-electron chi connectivity index (χ2n) is 7.26. The summed E-state index contributed by atoms with van der Waals surface area (Å²) >= 11 is 12.0. The maximum atomic E-state index is 13.2. The van der Waals surface area contributed by atoms with Gasteiger partial charge in [-0.05, 0) is 60.2 Å². The lowest BCUT2D eigenvalue weighted by molar-refractivity contribution is -0.122. The zero-order valence-electron chi connectivity index (χ0n) is 17.9. The van der Waals surface area contributed by atoms with Crippen LogP contribution in [0, 0.1) is 0 Å². The number of barbiturate groups is 1. The summed E-state index contributed by atoms with van der Waals surface area (Å²) in [5.41, 5.74) is 1.33. The molecule has 0 bridgehead atoms. The topological polar surface area (TPSA) is 84.9 Å². The molecule has 4 amide bonds. The summed E-state index contributed by atoms with van der Waals surface area (Å²) in [5.74, 6) is -0.674. The summed E-state index contributed by atoms with van der Waals surface area (Å²) in [6, 6.07) is 17.4. The molecule has 0 saturated carbocycles. The molecule has 1 saturated heterocycles. The number of nitrogens with one attached hydrogen (secondary N) is 1. The van der Waals surface area contributed by atoms with Gasteiger partial charge in [-0.2, -0.15) is 0 Å². The minimum atomic E-state index is -0.846. The van der Waals surface area contributed by atoms with Crippen molar-refractivity contribution in [2.24, 2.45) is 0 Å². The molecule has 34 heavy (non-hydrogen) atoms. The fourth-order valence-electron chi connectivity index (χ4n) is 3.31. The van der Waals surface area contributed by atoms with Gasteiger partial charge in [-0.15, -0.1) is 0 Å². The largest absolute Gasteiger partial charge is 0.497 e. The van der Waals surface area contributed by atoms with Crippen molar-refractivity contribution >= 4 is 52.8 Å². The van der Waals surface area contributed by atoms with Crippen molar-refractivity contribution < 1.29 is 23.9 Å². The maximum Gasteiger partial charge on any atom is 0.335 e. The third-order valence-corrected chi connectivity index (χ3v) is 5.48. The Bertz CT molecular complexity index is 1300. The molecular formula is C25H18Cl2N2O5. The Hall–Kier alpha value is -3.81. The van der Waals surface area contributed by atoms with Gasteiger partial charge in [0.1, 0.15) is 23.7 Å². The number of imide groups is 2. The van der Waals surface area contributed by atoms with Gasteiger partial charge in [-0.25, -0.2) is 9.69 Å². The highest BCUT2D eigenvalue weighted by Crippen LogP contribution is 2.30. The van der Waals surface area contributed by atoms with Crippen LogP contribution in [0.5, 0.6) is 11.5 Å². The highest BCUT2D eigenvalue weighted by Gasteiger charge is 2.37. The lowest BCUT2D eigenvalue weighted by Gasteiger charge is -2.26. The first-order valence-corrected chi connectivity index (χ1v) is 10.8. The minimum absolute atomic E-state index is 0.194. The monoisotopic (exact) mass is 496 g/mol. The van der Waals surface area contributed by atoms with Crippen molar-refractivity contribution in [1.82, 2.24) is 5.32 Å². The number of benzene rings is 3. The van der Waals surface area contributed by atoms with E-state index in [0.29, 0.717) is 27.1 Å². The molecule has 3 aromatic carbocycles. The van der Waals surface area contributed by atoms with E-state index in [1.54, 1.807) is 42.5 Å². The molecule has 172 valence electrons. The fourth-order valence-corrected chi connectivity index (χ4v) is 3.65. The molecule has 1 heterocycles. The van der Waals surface area contributed by atoms with Gasteiger partial charge < -0.3 is 9.47 Å². The number of urea groups is 1. The Morgan fingerprint density at radius 3 is 2.41 bits per heavy atom. The predicted octanol–water partition coefficient (Wildman–Crippen LogP) is 5.25. The third-order valence-electron chi connectivity index (χ3n) is 4.99. The van der Waals surface area contributed by atoms with Gasteiger partial charge in [0.15, 0.2) is 0 Å². The summed E-state index contributed by atoms with van der Waals surface area (Å²) < 4.78 is 11.2. The van der Waals surface area contributed by atoms with Gasteiger partial charge in [0.2, 0.25) is 0 Å². The Morgan fingerprint density at radius 1 is 0.941 bits per heavy atom. The lowest BCUT2D eigenvalue weighted by atomic mass is 10.1. The molecule has 0 atom stereocenters. The number of hydrogen-bond acceptors (Lipinski definition) is 5. The van der Waals surface area contributed by atoms with Crippen LogP contribution in [0.2, 0.25) is 10.0 Å². The lowest BCUT2D eigenvalue weighted by Crippen LogP contribution is -2.54. The SMILES string of the molecule is COc1ccc(/C=C2\C(=O)NC(=O)N(c3ccc(Cl)cc3)C2=O)c(OCc2cccc(Cl)c2)c1. The standard InChI is InChI=1S/C25H18Cl2N2O5/c1-33-20-10-5-16(22(13-20)34-14-15-3-2-4-18(27)11-15)12-21-23(30)28-25(32)29(24(21)31)19-8-6-17(26)7-9-19/h2-13H,14H2,1H3,(H,28,30,32)/b21-12+. The molecule has 0 radical (unpaired) electrons. The van der Waals surface area contributed by atoms with Crippen LogP contribution in [0.3, 0.4) is 0 Å². The van der Waals surface area contributed by atoms with E-state index in [9.17, 15) is 14.4 Å². The molecule has 0 spiro atoms. The van der Waals surface area contributed by atoms with Gasteiger partial charge in [-0.1, -0.05) is 35.3 Å². The highest BCUT2D eigenvalue weighted by molar-refractivity contribution is 6.39. The second-order valence-corrected chi connectivity index (χ2v) is 8.13. The number of rotatable bonds is 6. The van der Waals surface area contributed by atoms with Crippen molar-refractivity contribution in [2.45, 2.75) is 6.61 Å². The smallest absolute Gasteiger partial charge is 0.335 e. The molecule has 3 aromatic rings. The normalized spacial score (nSPS) is 14.9. The average Bonchev–Trinajstić information content (AvgIpc) is 2.82. The molecule has 0 aliphatic carbocycles. The van der Waals surface area contributed by atoms with Crippen molar-refractivity contribution in [1.29, 1.82) is 0 Å². The second kappa shape index (κ2) is 9.99. The Kier molecular flexibility index (Phi) is 6.86. The maximum absolute atomic E-state index is 13.2. The summed E-state index contributed by atoms with van der Waals surface area (Å²) in [5, 5.41) is 3.21. The van der Waals surface area contributed by atoms with Crippen LogP contribution in [0.15, 0.2) is 72.3 Å². The molecule has 0 unspecified atom stereocenters. The Balaban J connectivity index is 1.68. The van der Waals surface area contributed by atoms with Crippen LogP contribution in [0.4, 0.5) is 10.5 Å². The zero-order valence-corrected chi connectivity index (χ0v) is 19.4. The third kappa shape index (κ3) is 5.06. The first kappa shape index (κ1) is 23.4. The van der Waals surface area contributed by atoms with Gasteiger partial charge in [0.05, 0.1) is 12.8 Å². The first-order valence-electron chi connectivity index (χ1n) is 10.1. The van der Waals surface area contributed by atoms with E-state index in [4.69, 9.17) is 32.7 Å². The van der Waals surface area contributed by atoms with Gasteiger partial charge in [-0.3, -0.25) is 14.9 Å². The number of ether oxygens (including phenoxy) is 2. The van der Waals surface area contributed by atoms with Crippen molar-refractivity contribution in [3.05, 3.63) is 93.5 Å². The number of nitrogens with zero attached hydrogens (tertiary/aromatic N) is 1. The molecule has 0 aromatic heterocycles. The number of carbonyl (C=O) groups is 3. The van der Waals surface area contributed by atoms with E-state index in [0.717, 1.165) is 10.5 Å². The number of halogens is 2. The van der Waals surface area contributed by atoms with Crippen LogP contribution >= 0.6 is 23.2 Å². The molecular weight excluding hydrogens is 479 g/mol. The summed E-state index contributed by atoms with van der Waals surface area (Å²) in [6.45, 7) is 0.194. The number of methoxy groups -OCH3 is 1. The van der Waals surface area contributed by atoms with Gasteiger partial charge >= 0.3 is 6.03 Å². The Labute approximate surface area is 205 Å².